The molecule has 0 aliphatic heterocycles. The lowest BCUT2D eigenvalue weighted by molar-refractivity contribution is -0.120. The number of halogens is 1. The van der Waals surface area contributed by atoms with Gasteiger partial charge < -0.3 is 0 Å². The molecule has 20 heavy (non-hydrogen) atoms. The van der Waals surface area contributed by atoms with Crippen LogP contribution in [0.5, 0.6) is 0 Å². The van der Waals surface area contributed by atoms with Gasteiger partial charge in [-0.05, 0) is 54.7 Å². The van der Waals surface area contributed by atoms with Crippen molar-refractivity contribution in [1.82, 2.24) is 0 Å². The summed E-state index contributed by atoms with van der Waals surface area (Å²) >= 11 is 3.38. The highest BCUT2D eigenvalue weighted by Crippen LogP contribution is 2.50. The fourth-order valence-corrected chi connectivity index (χ4v) is 4.25. The highest BCUT2D eigenvalue weighted by atomic mass is 79.9. The van der Waals surface area contributed by atoms with E-state index in [0.29, 0.717) is 12.3 Å². The Morgan fingerprint density at radius 1 is 1.30 bits per heavy atom. The van der Waals surface area contributed by atoms with Crippen molar-refractivity contribution in [2.45, 2.75) is 38.0 Å². The molecule has 0 aromatic heterocycles. The van der Waals surface area contributed by atoms with E-state index in [9.17, 15) is 10.1 Å². The van der Waals surface area contributed by atoms with E-state index in [1.165, 1.54) is 25.7 Å². The van der Waals surface area contributed by atoms with E-state index >= 15 is 0 Å². The van der Waals surface area contributed by atoms with Gasteiger partial charge in [-0.2, -0.15) is 5.26 Å². The lowest BCUT2D eigenvalue weighted by Gasteiger charge is -2.21. The number of Topliss-reactive ketones (excluding diaryl/α,β-unsaturated/α-hetero) is 1. The van der Waals surface area contributed by atoms with Crippen LogP contribution in [-0.2, 0) is 4.79 Å². The molecule has 3 heteroatoms. The van der Waals surface area contributed by atoms with Gasteiger partial charge in [0, 0.05) is 10.9 Å². The molecule has 2 fully saturated rings. The topological polar surface area (TPSA) is 40.9 Å². The molecule has 2 aliphatic carbocycles. The number of carbonyl (C=O) groups is 1. The molecule has 2 bridgehead atoms. The van der Waals surface area contributed by atoms with Gasteiger partial charge in [0.15, 0.2) is 5.78 Å². The predicted octanol–water partition coefficient (Wildman–Crippen LogP) is 4.45. The van der Waals surface area contributed by atoms with Gasteiger partial charge in [-0.25, -0.2) is 0 Å². The van der Waals surface area contributed by atoms with Gasteiger partial charge in [-0.15, -0.1) is 0 Å². The van der Waals surface area contributed by atoms with E-state index in [0.717, 1.165) is 21.9 Å². The summed E-state index contributed by atoms with van der Waals surface area (Å²) in [5, 5.41) is 9.34. The molecule has 0 amide bonds. The van der Waals surface area contributed by atoms with Crippen LogP contribution in [0, 0.1) is 29.1 Å². The van der Waals surface area contributed by atoms with Gasteiger partial charge in [0.05, 0.1) is 6.07 Å². The summed E-state index contributed by atoms with van der Waals surface area (Å²) in [6.07, 6.45) is 5.75. The second-order valence-corrected chi connectivity index (χ2v) is 7.13. The van der Waals surface area contributed by atoms with Crippen molar-refractivity contribution in [1.29, 1.82) is 5.26 Å². The summed E-state index contributed by atoms with van der Waals surface area (Å²) in [6, 6.07) is 9.72. The van der Waals surface area contributed by atoms with Crippen LogP contribution < -0.4 is 0 Å². The number of ketones is 1. The molecule has 0 heterocycles. The van der Waals surface area contributed by atoms with Crippen LogP contribution >= 0.6 is 15.9 Å². The number of nitriles is 1. The fraction of sp³-hybridized carbons (Fsp3) is 0.529. The van der Waals surface area contributed by atoms with Crippen molar-refractivity contribution in [2.75, 3.05) is 0 Å². The number of carbonyl (C=O) groups excluding carboxylic acids is 1. The van der Waals surface area contributed by atoms with Crippen LogP contribution in [0.15, 0.2) is 28.7 Å². The van der Waals surface area contributed by atoms with Crippen molar-refractivity contribution >= 4 is 21.7 Å². The second-order valence-electron chi connectivity index (χ2n) is 6.22. The predicted molar refractivity (Wildman–Crippen MR) is 81.1 cm³/mol. The second kappa shape index (κ2) is 5.69. The van der Waals surface area contributed by atoms with Crippen molar-refractivity contribution in [3.8, 4) is 6.07 Å². The third kappa shape index (κ3) is 2.67. The smallest absolute Gasteiger partial charge is 0.154 e. The van der Waals surface area contributed by atoms with Crippen LogP contribution in [0.3, 0.4) is 0 Å². The zero-order chi connectivity index (χ0) is 14.1. The maximum absolute atomic E-state index is 12.5. The van der Waals surface area contributed by atoms with E-state index in [4.69, 9.17) is 0 Å². The zero-order valence-corrected chi connectivity index (χ0v) is 13.0. The molecule has 4 unspecified atom stereocenters. The maximum Gasteiger partial charge on any atom is 0.154 e. The Bertz CT molecular complexity index is 545. The summed E-state index contributed by atoms with van der Waals surface area (Å²) in [5.74, 6) is 1.64. The molecule has 2 aliphatic rings. The quantitative estimate of drug-likeness (QED) is 0.817. The number of nitrogens with zero attached hydrogens (tertiary/aromatic N) is 1. The minimum Gasteiger partial charge on any atom is -0.298 e. The standard InChI is InChI=1S/C17H18BrNO/c18-15-5-3-12(4-6-15)16(10-19)17(20)9-14-8-11-1-2-13(14)7-11/h3-6,11,13-14,16H,1-2,7-9H2. The van der Waals surface area contributed by atoms with Gasteiger partial charge in [0.25, 0.3) is 0 Å². The first kappa shape index (κ1) is 13.8. The summed E-state index contributed by atoms with van der Waals surface area (Å²) < 4.78 is 0.971. The van der Waals surface area contributed by atoms with Crippen LogP contribution in [0.25, 0.3) is 0 Å². The molecule has 0 N–H and O–H groups in total. The summed E-state index contributed by atoms with van der Waals surface area (Å²) in [5.41, 5.74) is 0.823. The van der Waals surface area contributed by atoms with Crippen molar-refractivity contribution in [3.05, 3.63) is 34.3 Å². The van der Waals surface area contributed by atoms with Gasteiger partial charge in [-0.1, -0.05) is 34.5 Å². The van der Waals surface area contributed by atoms with E-state index in [-0.39, 0.29) is 5.78 Å². The van der Waals surface area contributed by atoms with Crippen LogP contribution in [0.4, 0.5) is 0 Å². The summed E-state index contributed by atoms with van der Waals surface area (Å²) in [6.45, 7) is 0. The van der Waals surface area contributed by atoms with Crippen molar-refractivity contribution in [2.24, 2.45) is 17.8 Å². The van der Waals surface area contributed by atoms with Crippen LogP contribution in [0.2, 0.25) is 0 Å². The summed E-state index contributed by atoms with van der Waals surface area (Å²) in [7, 11) is 0. The molecule has 0 spiro atoms. The number of fused-ring (bicyclic) bond motifs is 2. The molecular weight excluding hydrogens is 314 g/mol. The normalized spacial score (nSPS) is 29.1. The Kier molecular flexibility index (Phi) is 3.94. The number of hydrogen-bond acceptors (Lipinski definition) is 2. The summed E-state index contributed by atoms with van der Waals surface area (Å²) in [4.78, 5) is 12.5. The zero-order valence-electron chi connectivity index (χ0n) is 11.4. The van der Waals surface area contributed by atoms with Gasteiger partial charge >= 0.3 is 0 Å². The molecule has 1 aromatic rings. The van der Waals surface area contributed by atoms with Crippen molar-refractivity contribution < 1.29 is 4.79 Å². The van der Waals surface area contributed by atoms with Crippen LogP contribution in [0.1, 0.15) is 43.6 Å². The first-order chi connectivity index (χ1) is 9.67. The fourth-order valence-electron chi connectivity index (χ4n) is 3.99. The highest BCUT2D eigenvalue weighted by molar-refractivity contribution is 9.10. The first-order valence-electron chi connectivity index (χ1n) is 7.35. The Labute approximate surface area is 128 Å². The third-order valence-corrected chi connectivity index (χ3v) is 5.53. The minimum absolute atomic E-state index is 0.104. The molecule has 4 atom stereocenters. The molecule has 0 saturated heterocycles. The molecule has 2 saturated carbocycles. The van der Waals surface area contributed by atoms with E-state index in [1.807, 2.05) is 24.3 Å². The van der Waals surface area contributed by atoms with E-state index in [1.54, 1.807) is 0 Å². The molecule has 2 nitrogen and oxygen atoms in total. The lowest BCUT2D eigenvalue weighted by atomic mass is 9.82. The Morgan fingerprint density at radius 2 is 2.05 bits per heavy atom. The number of benzene rings is 1. The van der Waals surface area contributed by atoms with E-state index in [2.05, 4.69) is 22.0 Å². The SMILES string of the molecule is N#CC(C(=O)CC1CC2CCC1C2)c1ccc(Br)cc1. The molecular formula is C17H18BrNO. The Hall–Kier alpha value is -1.14. The Morgan fingerprint density at radius 3 is 2.60 bits per heavy atom. The highest BCUT2D eigenvalue weighted by Gasteiger charge is 2.40. The maximum atomic E-state index is 12.5. The minimum atomic E-state index is -0.595. The lowest BCUT2D eigenvalue weighted by Crippen LogP contribution is -2.19. The third-order valence-electron chi connectivity index (χ3n) is 5.00. The molecule has 3 rings (SSSR count). The number of hydrogen-bond donors (Lipinski definition) is 0. The largest absolute Gasteiger partial charge is 0.298 e. The van der Waals surface area contributed by atoms with E-state index < -0.39 is 5.92 Å². The molecule has 0 radical (unpaired) electrons. The molecule has 1 aromatic carbocycles. The average Bonchev–Trinajstić information content (AvgIpc) is 3.04. The molecule has 104 valence electrons. The first-order valence-corrected chi connectivity index (χ1v) is 8.14. The monoisotopic (exact) mass is 331 g/mol. The van der Waals surface area contributed by atoms with Gasteiger partial charge in [-0.3, -0.25) is 4.79 Å². The van der Waals surface area contributed by atoms with Crippen LogP contribution in [-0.4, -0.2) is 5.78 Å². The Balaban J connectivity index is 1.68. The number of rotatable bonds is 4. The average molecular weight is 332 g/mol. The van der Waals surface area contributed by atoms with Gasteiger partial charge in [0.1, 0.15) is 5.92 Å². The van der Waals surface area contributed by atoms with Crippen molar-refractivity contribution in [3.63, 3.8) is 0 Å². The van der Waals surface area contributed by atoms with Gasteiger partial charge in [0.2, 0.25) is 0 Å².